The highest BCUT2D eigenvalue weighted by atomic mass is 32.2. The summed E-state index contributed by atoms with van der Waals surface area (Å²) in [5.41, 5.74) is 0. The number of thioether (sulfide) groups is 1. The second-order valence-corrected chi connectivity index (χ2v) is 7.62. The normalized spacial score (nSPS) is 12.3. The highest BCUT2D eigenvalue weighted by molar-refractivity contribution is 7.99. The van der Waals surface area contributed by atoms with Crippen molar-refractivity contribution in [2.24, 2.45) is 0 Å². The fourth-order valence-corrected chi connectivity index (χ4v) is 3.37. The van der Waals surface area contributed by atoms with Gasteiger partial charge in [0.25, 0.3) is 0 Å². The fraction of sp³-hybridized carbons (Fsp3) is 0.947. The first-order chi connectivity index (χ1) is 11.7. The van der Waals surface area contributed by atoms with Crippen molar-refractivity contribution in [1.29, 1.82) is 0 Å². The first-order valence-corrected chi connectivity index (χ1v) is 10.9. The van der Waals surface area contributed by atoms with Crippen molar-refractivity contribution in [3.05, 3.63) is 0 Å². The molecule has 0 fully saturated rings. The zero-order chi connectivity index (χ0) is 17.9. The Morgan fingerprint density at radius 1 is 0.958 bits per heavy atom. The molecule has 0 saturated heterocycles. The predicted molar refractivity (Wildman–Crippen MR) is 102 cm³/mol. The Bertz CT molecular complexity index is 274. The molecule has 0 radical (unpaired) electrons. The van der Waals surface area contributed by atoms with Gasteiger partial charge in [-0.05, 0) is 18.6 Å². The van der Waals surface area contributed by atoms with Crippen molar-refractivity contribution in [3.63, 3.8) is 0 Å². The lowest BCUT2D eigenvalue weighted by Crippen LogP contribution is -2.19. The second-order valence-electron chi connectivity index (χ2n) is 6.39. The summed E-state index contributed by atoms with van der Waals surface area (Å²) in [4.78, 5) is 11.4. The maximum atomic E-state index is 11.4. The Balaban J connectivity index is 3.18. The van der Waals surface area contributed by atoms with Gasteiger partial charge in [-0.25, -0.2) is 0 Å². The molecule has 1 atom stereocenters. The maximum Gasteiger partial charge on any atom is 0.306 e. The SMILES string of the molecule is CCCCCCCCCCCCSCCC(=O)OCC(O)CCO. The molecule has 2 N–H and O–H groups in total. The van der Waals surface area contributed by atoms with Crippen molar-refractivity contribution in [2.75, 3.05) is 24.7 Å². The molecule has 0 spiro atoms. The van der Waals surface area contributed by atoms with Crippen LogP contribution < -0.4 is 0 Å². The van der Waals surface area contributed by atoms with Gasteiger partial charge in [-0.15, -0.1) is 0 Å². The Hall–Kier alpha value is -0.260. The Kier molecular flexibility index (Phi) is 18.9. The van der Waals surface area contributed by atoms with E-state index in [1.165, 1.54) is 64.2 Å². The molecule has 4 nitrogen and oxygen atoms in total. The van der Waals surface area contributed by atoms with Crippen molar-refractivity contribution in [2.45, 2.75) is 90.1 Å². The summed E-state index contributed by atoms with van der Waals surface area (Å²) >= 11 is 1.80. The largest absolute Gasteiger partial charge is 0.463 e. The third kappa shape index (κ3) is 18.1. The van der Waals surface area contributed by atoms with E-state index >= 15 is 0 Å². The second kappa shape index (κ2) is 19.1. The van der Waals surface area contributed by atoms with Gasteiger partial charge in [-0.1, -0.05) is 64.7 Å². The maximum absolute atomic E-state index is 11.4. The number of ether oxygens (including phenoxy) is 1. The van der Waals surface area contributed by atoms with E-state index in [2.05, 4.69) is 6.92 Å². The van der Waals surface area contributed by atoms with Crippen molar-refractivity contribution >= 4 is 17.7 Å². The van der Waals surface area contributed by atoms with Gasteiger partial charge >= 0.3 is 5.97 Å². The molecule has 0 aromatic rings. The fourth-order valence-electron chi connectivity index (χ4n) is 2.44. The van der Waals surface area contributed by atoms with Crippen LogP contribution in [0.1, 0.15) is 84.0 Å². The van der Waals surface area contributed by atoms with Gasteiger partial charge in [0.05, 0.1) is 12.5 Å². The monoisotopic (exact) mass is 362 g/mol. The first-order valence-electron chi connectivity index (χ1n) is 9.73. The van der Waals surface area contributed by atoms with Gasteiger partial charge < -0.3 is 14.9 Å². The molecule has 0 aliphatic heterocycles. The van der Waals surface area contributed by atoms with Crippen molar-refractivity contribution < 1.29 is 19.7 Å². The van der Waals surface area contributed by atoms with Crippen LogP contribution in [0, 0.1) is 0 Å². The molecule has 0 rings (SSSR count). The number of rotatable bonds is 18. The number of hydrogen-bond donors (Lipinski definition) is 2. The summed E-state index contributed by atoms with van der Waals surface area (Å²) in [5, 5.41) is 18.0. The van der Waals surface area contributed by atoms with Crippen molar-refractivity contribution in [3.8, 4) is 0 Å². The molecule has 0 amide bonds. The van der Waals surface area contributed by atoms with Crippen LogP contribution in [0.3, 0.4) is 0 Å². The van der Waals surface area contributed by atoms with Gasteiger partial charge in [0, 0.05) is 12.4 Å². The van der Waals surface area contributed by atoms with Gasteiger partial charge in [0.2, 0.25) is 0 Å². The molecule has 5 heteroatoms. The van der Waals surface area contributed by atoms with E-state index in [0.29, 0.717) is 6.42 Å². The zero-order valence-electron chi connectivity index (χ0n) is 15.5. The molecule has 0 aliphatic carbocycles. The molecule has 0 bridgehead atoms. The summed E-state index contributed by atoms with van der Waals surface area (Å²) in [7, 11) is 0. The van der Waals surface area contributed by atoms with Crippen LogP contribution >= 0.6 is 11.8 Å². The van der Waals surface area contributed by atoms with Crippen LogP contribution in [-0.4, -0.2) is 47.0 Å². The standard InChI is InChI=1S/C19H38O4S/c1-2-3-4-5-6-7-8-9-10-11-15-24-16-13-19(22)23-17-18(21)12-14-20/h18,20-21H,2-17H2,1H3. The third-order valence-electron chi connectivity index (χ3n) is 3.99. The molecule has 1 unspecified atom stereocenters. The summed E-state index contributed by atoms with van der Waals surface area (Å²) in [6.07, 6.45) is 13.4. The average Bonchev–Trinajstić information content (AvgIpc) is 2.57. The lowest BCUT2D eigenvalue weighted by molar-refractivity contribution is -0.146. The Labute approximate surface area is 152 Å². The van der Waals surface area contributed by atoms with Gasteiger partial charge in [-0.3, -0.25) is 4.79 Å². The number of carbonyl (C=O) groups is 1. The van der Waals surface area contributed by atoms with E-state index in [-0.39, 0.29) is 25.6 Å². The average molecular weight is 363 g/mol. The summed E-state index contributed by atoms with van der Waals surface area (Å²) in [6.45, 7) is 2.15. The molecule has 0 heterocycles. The number of esters is 1. The van der Waals surface area contributed by atoms with Crippen LogP contribution in [0.25, 0.3) is 0 Å². The van der Waals surface area contributed by atoms with Crippen LogP contribution in [0.5, 0.6) is 0 Å². The van der Waals surface area contributed by atoms with E-state index in [9.17, 15) is 9.90 Å². The van der Waals surface area contributed by atoms with Crippen molar-refractivity contribution in [1.82, 2.24) is 0 Å². The minimum absolute atomic E-state index is 0.0114. The zero-order valence-corrected chi connectivity index (χ0v) is 16.3. The highest BCUT2D eigenvalue weighted by Gasteiger charge is 2.08. The van der Waals surface area contributed by atoms with E-state index in [1.54, 1.807) is 11.8 Å². The molecule has 0 aromatic heterocycles. The van der Waals surface area contributed by atoms with Crippen LogP contribution in [0.2, 0.25) is 0 Å². The summed E-state index contributed by atoms with van der Waals surface area (Å²) in [6, 6.07) is 0. The molecular weight excluding hydrogens is 324 g/mol. The third-order valence-corrected chi connectivity index (χ3v) is 5.06. The van der Waals surface area contributed by atoms with Gasteiger partial charge in [0.1, 0.15) is 6.61 Å². The van der Waals surface area contributed by atoms with Crippen LogP contribution in [0.4, 0.5) is 0 Å². The lowest BCUT2D eigenvalue weighted by atomic mass is 10.1. The lowest BCUT2D eigenvalue weighted by Gasteiger charge is -2.09. The number of hydrogen-bond acceptors (Lipinski definition) is 5. The van der Waals surface area contributed by atoms with E-state index in [1.807, 2.05) is 0 Å². The quantitative estimate of drug-likeness (QED) is 0.281. The molecule has 0 aliphatic rings. The predicted octanol–water partition coefficient (Wildman–Crippen LogP) is 4.32. The number of aliphatic hydroxyl groups is 2. The number of carbonyl (C=O) groups excluding carboxylic acids is 1. The number of unbranched alkanes of at least 4 members (excludes halogenated alkanes) is 9. The Morgan fingerprint density at radius 2 is 1.54 bits per heavy atom. The van der Waals surface area contributed by atoms with E-state index < -0.39 is 6.10 Å². The minimum Gasteiger partial charge on any atom is -0.463 e. The van der Waals surface area contributed by atoms with E-state index in [0.717, 1.165) is 11.5 Å². The van der Waals surface area contributed by atoms with Crippen LogP contribution in [-0.2, 0) is 9.53 Å². The van der Waals surface area contributed by atoms with Gasteiger partial charge in [-0.2, -0.15) is 11.8 Å². The van der Waals surface area contributed by atoms with E-state index in [4.69, 9.17) is 9.84 Å². The molecule has 0 saturated carbocycles. The molecule has 144 valence electrons. The molecule has 0 aromatic carbocycles. The molecular formula is C19H38O4S. The van der Waals surface area contributed by atoms with Crippen LogP contribution in [0.15, 0.2) is 0 Å². The summed E-state index contributed by atoms with van der Waals surface area (Å²) < 4.78 is 4.95. The Morgan fingerprint density at radius 3 is 2.12 bits per heavy atom. The minimum atomic E-state index is -0.752. The smallest absolute Gasteiger partial charge is 0.306 e. The van der Waals surface area contributed by atoms with Gasteiger partial charge in [0.15, 0.2) is 0 Å². The highest BCUT2D eigenvalue weighted by Crippen LogP contribution is 2.13. The molecule has 24 heavy (non-hydrogen) atoms. The topological polar surface area (TPSA) is 66.8 Å². The summed E-state index contributed by atoms with van der Waals surface area (Å²) in [5.74, 6) is 1.63. The number of aliphatic hydroxyl groups excluding tert-OH is 2. The first kappa shape index (κ1) is 23.7.